The number of nitrogens with zero attached hydrogens (tertiary/aromatic N) is 2. The van der Waals surface area contributed by atoms with Crippen LogP contribution in [0.5, 0.6) is 5.75 Å². The number of sulfonamides is 1. The van der Waals surface area contributed by atoms with Crippen molar-refractivity contribution in [3.05, 3.63) is 42.5 Å². The van der Waals surface area contributed by atoms with Crippen molar-refractivity contribution in [3.8, 4) is 5.75 Å². The maximum absolute atomic E-state index is 12.8. The zero-order valence-electron chi connectivity index (χ0n) is 14.8. The van der Waals surface area contributed by atoms with E-state index in [-0.39, 0.29) is 17.9 Å². The Kier molecular flexibility index (Phi) is 5.64. The highest BCUT2D eigenvalue weighted by atomic mass is 32.2. The predicted molar refractivity (Wildman–Crippen MR) is 97.7 cm³/mol. The van der Waals surface area contributed by atoms with Gasteiger partial charge in [0.15, 0.2) is 0 Å². The summed E-state index contributed by atoms with van der Waals surface area (Å²) in [6.45, 7) is 6.09. The standard InChI is InChI=1S/C18H24N2O5S/c1-3-9-24-16-6-4-14(5-7-16)18(21)19-11-15-12-20(26(2,22)23)8-10-25-17(15)13-19/h3-7,15,17H,1,8-13H2,2H3/t15-,17-/m1/s1. The van der Waals surface area contributed by atoms with E-state index in [1.807, 2.05) is 0 Å². The van der Waals surface area contributed by atoms with E-state index < -0.39 is 10.0 Å². The van der Waals surface area contributed by atoms with Crippen molar-refractivity contribution in [2.24, 2.45) is 5.92 Å². The van der Waals surface area contributed by atoms with Gasteiger partial charge < -0.3 is 14.4 Å². The van der Waals surface area contributed by atoms with Crippen LogP contribution in [0.4, 0.5) is 0 Å². The summed E-state index contributed by atoms with van der Waals surface area (Å²) in [5.74, 6) is 0.592. The summed E-state index contributed by atoms with van der Waals surface area (Å²) in [6, 6.07) is 6.98. The van der Waals surface area contributed by atoms with Crippen LogP contribution in [0, 0.1) is 5.92 Å². The zero-order valence-corrected chi connectivity index (χ0v) is 15.7. The van der Waals surface area contributed by atoms with Crippen LogP contribution in [0.1, 0.15) is 10.4 Å². The van der Waals surface area contributed by atoms with Crippen LogP contribution in [0.2, 0.25) is 0 Å². The Hall–Kier alpha value is -1.90. The number of rotatable bonds is 5. The summed E-state index contributed by atoms with van der Waals surface area (Å²) in [4.78, 5) is 14.5. The third-order valence-electron chi connectivity index (χ3n) is 4.72. The number of carbonyl (C=O) groups excluding carboxylic acids is 1. The van der Waals surface area contributed by atoms with Crippen LogP contribution in [0.15, 0.2) is 36.9 Å². The highest BCUT2D eigenvalue weighted by Gasteiger charge is 2.40. The van der Waals surface area contributed by atoms with Crippen molar-refractivity contribution in [2.75, 3.05) is 45.6 Å². The van der Waals surface area contributed by atoms with E-state index >= 15 is 0 Å². The second kappa shape index (κ2) is 7.77. The number of fused-ring (bicyclic) bond motifs is 1. The maximum Gasteiger partial charge on any atom is 0.253 e. The van der Waals surface area contributed by atoms with Crippen molar-refractivity contribution in [1.29, 1.82) is 0 Å². The predicted octanol–water partition coefficient (Wildman–Crippen LogP) is 0.984. The van der Waals surface area contributed by atoms with Gasteiger partial charge in [0.05, 0.1) is 19.0 Å². The van der Waals surface area contributed by atoms with E-state index in [0.29, 0.717) is 50.7 Å². The van der Waals surface area contributed by atoms with Gasteiger partial charge in [-0.2, -0.15) is 4.31 Å². The van der Waals surface area contributed by atoms with E-state index in [1.165, 1.54) is 10.6 Å². The Bertz CT molecular complexity index is 762. The molecule has 0 aromatic heterocycles. The van der Waals surface area contributed by atoms with Gasteiger partial charge in [-0.15, -0.1) is 0 Å². The molecule has 2 aliphatic heterocycles. The monoisotopic (exact) mass is 380 g/mol. The zero-order chi connectivity index (χ0) is 18.7. The fourth-order valence-electron chi connectivity index (χ4n) is 3.36. The third-order valence-corrected chi connectivity index (χ3v) is 5.99. The molecule has 0 bridgehead atoms. The van der Waals surface area contributed by atoms with Gasteiger partial charge in [0.25, 0.3) is 5.91 Å². The summed E-state index contributed by atoms with van der Waals surface area (Å²) in [6.07, 6.45) is 2.75. The Balaban J connectivity index is 1.66. The molecule has 0 aliphatic carbocycles. The molecule has 8 heteroatoms. The lowest BCUT2D eigenvalue weighted by atomic mass is 10.1. The smallest absolute Gasteiger partial charge is 0.253 e. The molecule has 2 saturated heterocycles. The van der Waals surface area contributed by atoms with E-state index in [0.717, 1.165) is 0 Å². The summed E-state index contributed by atoms with van der Waals surface area (Å²) in [5.41, 5.74) is 0.576. The normalized spacial score (nSPS) is 24.0. The molecule has 0 N–H and O–H groups in total. The lowest BCUT2D eigenvalue weighted by Gasteiger charge is -2.21. The highest BCUT2D eigenvalue weighted by Crippen LogP contribution is 2.26. The van der Waals surface area contributed by atoms with Gasteiger partial charge >= 0.3 is 0 Å². The maximum atomic E-state index is 12.8. The minimum absolute atomic E-state index is 0.00799. The number of hydrogen-bond donors (Lipinski definition) is 0. The first kappa shape index (κ1) is 18.9. The largest absolute Gasteiger partial charge is 0.490 e. The minimum Gasteiger partial charge on any atom is -0.490 e. The summed E-state index contributed by atoms with van der Waals surface area (Å²) in [7, 11) is -3.26. The summed E-state index contributed by atoms with van der Waals surface area (Å²) >= 11 is 0. The molecule has 3 rings (SSSR count). The van der Waals surface area contributed by atoms with Gasteiger partial charge in [0, 0.05) is 37.7 Å². The second-order valence-corrected chi connectivity index (χ2v) is 8.61. The molecule has 0 spiro atoms. The molecule has 1 aromatic rings. The molecule has 26 heavy (non-hydrogen) atoms. The molecule has 0 saturated carbocycles. The first-order valence-corrected chi connectivity index (χ1v) is 10.4. The molecule has 2 atom stereocenters. The molecule has 1 aromatic carbocycles. The third kappa shape index (κ3) is 4.25. The Morgan fingerprint density at radius 3 is 2.69 bits per heavy atom. The van der Waals surface area contributed by atoms with Gasteiger partial charge in [-0.3, -0.25) is 4.79 Å². The van der Waals surface area contributed by atoms with Crippen molar-refractivity contribution < 1.29 is 22.7 Å². The number of hydrogen-bond acceptors (Lipinski definition) is 5. The van der Waals surface area contributed by atoms with Crippen LogP contribution >= 0.6 is 0 Å². The van der Waals surface area contributed by atoms with Crippen molar-refractivity contribution in [3.63, 3.8) is 0 Å². The van der Waals surface area contributed by atoms with Gasteiger partial charge in [-0.05, 0) is 24.3 Å². The van der Waals surface area contributed by atoms with Crippen molar-refractivity contribution in [1.82, 2.24) is 9.21 Å². The number of carbonyl (C=O) groups is 1. The molecule has 2 aliphatic rings. The molecule has 7 nitrogen and oxygen atoms in total. The first-order chi connectivity index (χ1) is 12.4. The van der Waals surface area contributed by atoms with E-state index in [1.54, 1.807) is 35.2 Å². The summed E-state index contributed by atoms with van der Waals surface area (Å²) < 4.78 is 36.4. The average molecular weight is 380 g/mol. The SMILES string of the molecule is C=CCOc1ccc(C(=O)N2C[C@@H]3CN(S(C)(=O)=O)CCO[C@@H]3C2)cc1. The van der Waals surface area contributed by atoms with Crippen molar-refractivity contribution >= 4 is 15.9 Å². The van der Waals surface area contributed by atoms with Crippen LogP contribution in [-0.4, -0.2) is 75.3 Å². The van der Waals surface area contributed by atoms with Gasteiger partial charge in [-0.1, -0.05) is 12.7 Å². The number of ether oxygens (including phenoxy) is 2. The van der Waals surface area contributed by atoms with Crippen molar-refractivity contribution in [2.45, 2.75) is 6.10 Å². The minimum atomic E-state index is -3.26. The molecule has 1 amide bonds. The topological polar surface area (TPSA) is 76.2 Å². The quantitative estimate of drug-likeness (QED) is 0.712. The summed E-state index contributed by atoms with van der Waals surface area (Å²) in [5, 5.41) is 0. The van der Waals surface area contributed by atoms with Crippen LogP contribution in [0.3, 0.4) is 0 Å². The fraction of sp³-hybridized carbons (Fsp3) is 0.500. The molecule has 142 valence electrons. The number of benzene rings is 1. The van der Waals surface area contributed by atoms with Crippen LogP contribution in [-0.2, 0) is 14.8 Å². The molecule has 0 unspecified atom stereocenters. The van der Waals surface area contributed by atoms with Crippen LogP contribution < -0.4 is 4.74 Å². The van der Waals surface area contributed by atoms with Gasteiger partial charge in [0.1, 0.15) is 12.4 Å². The van der Waals surface area contributed by atoms with Crippen LogP contribution in [0.25, 0.3) is 0 Å². The van der Waals surface area contributed by atoms with E-state index in [2.05, 4.69) is 6.58 Å². The Labute approximate surface area is 154 Å². The van der Waals surface area contributed by atoms with Gasteiger partial charge in [0.2, 0.25) is 10.0 Å². The fourth-order valence-corrected chi connectivity index (χ4v) is 4.23. The Morgan fingerprint density at radius 2 is 2.04 bits per heavy atom. The molecular formula is C18H24N2O5S. The molecule has 2 fully saturated rings. The Morgan fingerprint density at radius 1 is 1.31 bits per heavy atom. The van der Waals surface area contributed by atoms with Gasteiger partial charge in [-0.25, -0.2) is 8.42 Å². The van der Waals surface area contributed by atoms with E-state index in [4.69, 9.17) is 9.47 Å². The highest BCUT2D eigenvalue weighted by molar-refractivity contribution is 7.88. The number of amides is 1. The molecule has 2 heterocycles. The lowest BCUT2D eigenvalue weighted by Crippen LogP contribution is -2.37. The number of likely N-dealkylation sites (tertiary alicyclic amines) is 1. The first-order valence-electron chi connectivity index (χ1n) is 8.58. The average Bonchev–Trinajstić information content (AvgIpc) is 2.90. The molecule has 0 radical (unpaired) electrons. The lowest BCUT2D eigenvalue weighted by molar-refractivity contribution is 0.0492. The molecular weight excluding hydrogens is 356 g/mol. The second-order valence-electron chi connectivity index (χ2n) is 6.62. The van der Waals surface area contributed by atoms with E-state index in [9.17, 15) is 13.2 Å².